The summed E-state index contributed by atoms with van der Waals surface area (Å²) in [5, 5.41) is 5.07. The highest BCUT2D eigenvalue weighted by Crippen LogP contribution is 2.37. The van der Waals surface area contributed by atoms with Gasteiger partial charge in [-0.05, 0) is 42.5 Å². The van der Waals surface area contributed by atoms with Crippen molar-refractivity contribution in [3.63, 3.8) is 0 Å². The van der Waals surface area contributed by atoms with E-state index in [1.807, 2.05) is 18.2 Å². The Morgan fingerprint density at radius 3 is 2.38 bits per heavy atom. The van der Waals surface area contributed by atoms with Gasteiger partial charge in [0.1, 0.15) is 17.6 Å². The lowest BCUT2D eigenvalue weighted by Crippen LogP contribution is -2.12. The number of rotatable bonds is 7. The Morgan fingerprint density at radius 2 is 1.83 bits per heavy atom. The van der Waals surface area contributed by atoms with Crippen LogP contribution < -0.4 is 14.6 Å². The molecular weight excluding hydrogens is 394 g/mol. The van der Waals surface area contributed by atoms with Crippen molar-refractivity contribution in [3.8, 4) is 11.5 Å². The molecule has 1 aliphatic rings. The highest BCUT2D eigenvalue weighted by molar-refractivity contribution is 7.89. The molecule has 0 bridgehead atoms. The number of nitrogens with two attached hydrogens (primary N) is 1. The molecule has 0 amide bonds. The summed E-state index contributed by atoms with van der Waals surface area (Å²) in [5.41, 5.74) is 1.84. The molecule has 2 N–H and O–H groups in total. The van der Waals surface area contributed by atoms with Crippen LogP contribution in [0.25, 0.3) is 6.08 Å². The molecule has 1 atom stereocenters. The first-order valence-corrected chi connectivity index (χ1v) is 10.3. The van der Waals surface area contributed by atoms with Crippen molar-refractivity contribution in [3.05, 3.63) is 71.3 Å². The molecule has 2 aromatic rings. The lowest BCUT2D eigenvalue weighted by Gasteiger charge is -2.16. The average molecular weight is 415 g/mol. The Kier molecular flexibility index (Phi) is 6.17. The second kappa shape index (κ2) is 8.60. The predicted octanol–water partition coefficient (Wildman–Crippen LogP) is 2.87. The van der Waals surface area contributed by atoms with Crippen LogP contribution in [-0.2, 0) is 14.8 Å². The highest BCUT2D eigenvalue weighted by atomic mass is 32.2. The summed E-state index contributed by atoms with van der Waals surface area (Å²) in [6.07, 6.45) is 6.67. The quantitative estimate of drug-likeness (QED) is 0.424. The number of hydrogen-bond donors (Lipinski definition) is 1. The summed E-state index contributed by atoms with van der Waals surface area (Å²) in [4.78, 5) is 12.4. The minimum Gasteiger partial charge on any atom is -0.496 e. The van der Waals surface area contributed by atoms with Crippen LogP contribution in [0.3, 0.4) is 0 Å². The van der Waals surface area contributed by atoms with E-state index < -0.39 is 10.0 Å². The smallest absolute Gasteiger partial charge is 0.238 e. The fraction of sp³-hybridized carbons (Fsp3) is 0.190. The number of primary sulfonamides is 1. The monoisotopic (exact) mass is 415 g/mol. The molecule has 1 unspecified atom stereocenters. The van der Waals surface area contributed by atoms with Crippen LogP contribution >= 0.6 is 0 Å². The van der Waals surface area contributed by atoms with Crippen molar-refractivity contribution in [2.24, 2.45) is 5.14 Å². The average Bonchev–Trinajstić information content (AvgIpc) is 3.25. The topological polar surface area (TPSA) is 105 Å². The van der Waals surface area contributed by atoms with Crippen molar-refractivity contribution in [2.45, 2.75) is 11.0 Å². The van der Waals surface area contributed by atoms with Gasteiger partial charge in [-0.1, -0.05) is 12.2 Å². The summed E-state index contributed by atoms with van der Waals surface area (Å²) in [5.74, 6) is 0.879. The van der Waals surface area contributed by atoms with Gasteiger partial charge < -0.3 is 14.2 Å². The van der Waals surface area contributed by atoms with Crippen LogP contribution in [0.2, 0.25) is 0 Å². The van der Waals surface area contributed by atoms with Gasteiger partial charge in [-0.3, -0.25) is 4.79 Å². The van der Waals surface area contributed by atoms with Gasteiger partial charge in [0, 0.05) is 22.8 Å². The maximum absolute atomic E-state index is 12.5. The van der Waals surface area contributed by atoms with E-state index >= 15 is 0 Å². The van der Waals surface area contributed by atoms with Crippen molar-refractivity contribution in [1.82, 2.24) is 0 Å². The number of ketones is 1. The Hall–Kier alpha value is -2.94. The molecule has 0 radical (unpaired) electrons. The maximum Gasteiger partial charge on any atom is 0.238 e. The van der Waals surface area contributed by atoms with E-state index in [4.69, 9.17) is 19.3 Å². The third-order valence-corrected chi connectivity index (χ3v) is 5.38. The third-order valence-electron chi connectivity index (χ3n) is 4.45. The second-order valence-corrected chi connectivity index (χ2v) is 7.85. The Bertz CT molecular complexity index is 1070. The molecule has 7 nitrogen and oxygen atoms in total. The maximum atomic E-state index is 12.5. The number of allylic oxidation sites excluding steroid dienone is 1. The Balaban J connectivity index is 1.89. The largest absolute Gasteiger partial charge is 0.496 e. The molecule has 1 aliphatic heterocycles. The number of carbonyl (C=O) groups excluding carboxylic acids is 1. The zero-order valence-corrected chi connectivity index (χ0v) is 16.8. The van der Waals surface area contributed by atoms with Gasteiger partial charge in [-0.15, -0.1) is 0 Å². The van der Waals surface area contributed by atoms with Gasteiger partial charge >= 0.3 is 0 Å². The van der Waals surface area contributed by atoms with Crippen LogP contribution in [0.5, 0.6) is 11.5 Å². The van der Waals surface area contributed by atoms with Crippen molar-refractivity contribution in [2.75, 3.05) is 20.8 Å². The molecule has 3 rings (SSSR count). The number of hydrogen-bond acceptors (Lipinski definition) is 6. The van der Waals surface area contributed by atoms with Crippen molar-refractivity contribution < 1.29 is 27.4 Å². The summed E-state index contributed by atoms with van der Waals surface area (Å²) in [7, 11) is -0.700. The second-order valence-electron chi connectivity index (χ2n) is 6.29. The van der Waals surface area contributed by atoms with Gasteiger partial charge in [0.15, 0.2) is 5.78 Å². The molecular formula is C21H21NO6S. The number of ether oxygens (including phenoxy) is 3. The summed E-state index contributed by atoms with van der Waals surface area (Å²) < 4.78 is 39.2. The summed E-state index contributed by atoms with van der Waals surface area (Å²) >= 11 is 0. The first-order chi connectivity index (χ1) is 13.8. The minimum atomic E-state index is -3.80. The molecule has 29 heavy (non-hydrogen) atoms. The molecule has 2 aromatic carbocycles. The minimum absolute atomic E-state index is 0.0517. The van der Waals surface area contributed by atoms with Gasteiger partial charge in [0.25, 0.3) is 0 Å². The lowest BCUT2D eigenvalue weighted by molar-refractivity contribution is 0.104. The molecule has 0 aliphatic carbocycles. The van der Waals surface area contributed by atoms with E-state index in [0.717, 1.165) is 5.56 Å². The Morgan fingerprint density at radius 1 is 1.14 bits per heavy atom. The molecule has 1 heterocycles. The highest BCUT2D eigenvalue weighted by Gasteiger charge is 2.19. The van der Waals surface area contributed by atoms with E-state index in [0.29, 0.717) is 29.2 Å². The molecule has 0 fully saturated rings. The zero-order chi connectivity index (χ0) is 21.0. The third kappa shape index (κ3) is 4.73. The number of sulfonamides is 1. The number of carbonyl (C=O) groups is 1. The molecule has 0 spiro atoms. The molecule has 0 saturated heterocycles. The van der Waals surface area contributed by atoms with Crippen LogP contribution in [0.1, 0.15) is 27.6 Å². The van der Waals surface area contributed by atoms with Gasteiger partial charge in [-0.2, -0.15) is 0 Å². The van der Waals surface area contributed by atoms with E-state index in [1.54, 1.807) is 19.3 Å². The van der Waals surface area contributed by atoms with E-state index in [9.17, 15) is 13.2 Å². The molecule has 8 heteroatoms. The van der Waals surface area contributed by atoms with Gasteiger partial charge in [0.05, 0.1) is 25.7 Å². The lowest BCUT2D eigenvalue weighted by atomic mass is 10.0. The standard InChI is InChI=1S/C21H21NO6S/c1-26-20-13-21(27-2)17(19-4-3-11-28-19)12-15(20)7-10-18(23)14-5-8-16(9-6-14)29(22,24)25/h3-10,12-13,19H,11H2,1-2H3,(H2,22,24,25). The SMILES string of the molecule is COc1cc(OC)c(C2C=CCO2)cc1C=CC(=O)c1ccc(S(N)(=O)=O)cc1. The Labute approximate surface area is 169 Å². The predicted molar refractivity (Wildman–Crippen MR) is 109 cm³/mol. The first kappa shape index (κ1) is 20.8. The zero-order valence-electron chi connectivity index (χ0n) is 16.0. The number of benzene rings is 2. The van der Waals surface area contributed by atoms with Gasteiger partial charge in [-0.25, -0.2) is 13.6 Å². The van der Waals surface area contributed by atoms with Crippen LogP contribution in [-0.4, -0.2) is 35.0 Å². The normalized spacial score (nSPS) is 16.3. The summed E-state index contributed by atoms with van der Waals surface area (Å²) in [6.45, 7) is 0.526. The fourth-order valence-corrected chi connectivity index (χ4v) is 3.48. The molecule has 0 aromatic heterocycles. The van der Waals surface area contributed by atoms with E-state index in [-0.39, 0.29) is 16.8 Å². The summed E-state index contributed by atoms with van der Waals surface area (Å²) in [6, 6.07) is 9.03. The number of methoxy groups -OCH3 is 2. The van der Waals surface area contributed by atoms with Crippen molar-refractivity contribution in [1.29, 1.82) is 0 Å². The van der Waals surface area contributed by atoms with Crippen LogP contribution in [0.4, 0.5) is 0 Å². The van der Waals surface area contributed by atoms with Crippen molar-refractivity contribution >= 4 is 21.9 Å². The molecule has 0 saturated carbocycles. The van der Waals surface area contributed by atoms with Crippen LogP contribution in [0, 0.1) is 0 Å². The molecule has 152 valence electrons. The fourth-order valence-electron chi connectivity index (χ4n) is 2.96. The van der Waals surface area contributed by atoms with Crippen LogP contribution in [0.15, 0.2) is 59.5 Å². The van der Waals surface area contributed by atoms with Gasteiger partial charge in [0.2, 0.25) is 10.0 Å². The van der Waals surface area contributed by atoms with E-state index in [1.165, 1.54) is 37.5 Å². The first-order valence-electron chi connectivity index (χ1n) is 8.73. The van der Waals surface area contributed by atoms with E-state index in [2.05, 4.69) is 0 Å².